The molecule has 0 spiro atoms. The summed E-state index contributed by atoms with van der Waals surface area (Å²) in [5.41, 5.74) is 0.852. The highest BCUT2D eigenvalue weighted by Gasteiger charge is 2.36. The number of aromatic nitrogens is 1. The number of likely N-dealkylation sites (tertiary alicyclic amines) is 2. The van der Waals surface area contributed by atoms with Gasteiger partial charge in [0.1, 0.15) is 24.5 Å². The molecular formula is C24H31N3O5. The van der Waals surface area contributed by atoms with Crippen molar-refractivity contribution in [2.75, 3.05) is 32.8 Å². The molecule has 8 nitrogen and oxygen atoms in total. The zero-order valence-electron chi connectivity index (χ0n) is 18.2. The van der Waals surface area contributed by atoms with Crippen molar-refractivity contribution in [3.63, 3.8) is 0 Å². The van der Waals surface area contributed by atoms with Gasteiger partial charge in [-0.15, -0.1) is 0 Å². The molecule has 3 heterocycles. The first-order chi connectivity index (χ1) is 15.5. The maximum atomic E-state index is 12.9. The first-order valence-electron chi connectivity index (χ1n) is 11.4. The van der Waals surface area contributed by atoms with Gasteiger partial charge in [0, 0.05) is 30.6 Å². The summed E-state index contributed by atoms with van der Waals surface area (Å²) in [4.78, 5) is 32.5. The molecule has 172 valence electrons. The van der Waals surface area contributed by atoms with E-state index in [-0.39, 0.29) is 18.4 Å². The lowest BCUT2D eigenvalue weighted by molar-refractivity contribution is -0.154. The zero-order valence-corrected chi connectivity index (χ0v) is 18.2. The maximum Gasteiger partial charge on any atom is 0.326 e. The molecule has 2 aliphatic rings. The molecule has 4 rings (SSSR count). The standard InChI is InChI=1S/C24H31N3O5/c28-18(16-32-22-8-3-6-20-19(22)5-4-11-25-20)15-26-13-9-17(10-14-26)23(29)27-12-2-1-7-21(27)24(30)31/h3-6,8,11,17-18,21,28H,1-2,7,9-10,12-16H2,(H,30,31)/t18-,21?/m1/s1. The number of carbonyl (C=O) groups is 2. The van der Waals surface area contributed by atoms with Crippen molar-refractivity contribution in [1.29, 1.82) is 0 Å². The van der Waals surface area contributed by atoms with Gasteiger partial charge in [0.2, 0.25) is 5.91 Å². The molecule has 2 N–H and O–H groups in total. The van der Waals surface area contributed by atoms with Crippen LogP contribution in [0.25, 0.3) is 10.9 Å². The second-order valence-corrected chi connectivity index (χ2v) is 8.75. The Hall–Kier alpha value is -2.71. The molecule has 8 heteroatoms. The van der Waals surface area contributed by atoms with Gasteiger partial charge in [-0.1, -0.05) is 6.07 Å². The lowest BCUT2D eigenvalue weighted by Gasteiger charge is -2.38. The van der Waals surface area contributed by atoms with E-state index in [1.807, 2.05) is 30.3 Å². The van der Waals surface area contributed by atoms with Gasteiger partial charge in [0.25, 0.3) is 0 Å². The molecule has 32 heavy (non-hydrogen) atoms. The Bertz CT molecular complexity index is 939. The number of carboxylic acids is 1. The zero-order chi connectivity index (χ0) is 22.5. The lowest BCUT2D eigenvalue weighted by Crippen LogP contribution is -2.52. The first-order valence-corrected chi connectivity index (χ1v) is 11.4. The van der Waals surface area contributed by atoms with Crippen LogP contribution in [0, 0.1) is 5.92 Å². The lowest BCUT2D eigenvalue weighted by atomic mass is 9.92. The highest BCUT2D eigenvalue weighted by molar-refractivity contribution is 5.85. The molecule has 1 aromatic carbocycles. The van der Waals surface area contributed by atoms with E-state index in [1.54, 1.807) is 11.1 Å². The number of carboxylic acid groups (broad SMARTS) is 1. The number of fused-ring (bicyclic) bond motifs is 1. The van der Waals surface area contributed by atoms with Crippen molar-refractivity contribution in [2.24, 2.45) is 5.92 Å². The smallest absolute Gasteiger partial charge is 0.326 e. The number of nitrogens with zero attached hydrogens (tertiary/aromatic N) is 3. The Morgan fingerprint density at radius 1 is 1.09 bits per heavy atom. The summed E-state index contributed by atoms with van der Waals surface area (Å²) in [7, 11) is 0. The van der Waals surface area contributed by atoms with Crippen LogP contribution in [0.2, 0.25) is 0 Å². The van der Waals surface area contributed by atoms with E-state index < -0.39 is 18.1 Å². The minimum atomic E-state index is -0.902. The monoisotopic (exact) mass is 441 g/mol. The van der Waals surface area contributed by atoms with Crippen LogP contribution in [0.3, 0.4) is 0 Å². The summed E-state index contributed by atoms with van der Waals surface area (Å²) in [5, 5.41) is 20.8. The quantitative estimate of drug-likeness (QED) is 0.679. The van der Waals surface area contributed by atoms with Crippen LogP contribution in [0.1, 0.15) is 32.1 Å². The molecule has 0 saturated carbocycles. The van der Waals surface area contributed by atoms with Gasteiger partial charge in [0.05, 0.1) is 5.52 Å². The van der Waals surface area contributed by atoms with Crippen LogP contribution in [0.5, 0.6) is 5.75 Å². The summed E-state index contributed by atoms with van der Waals surface area (Å²) in [5.74, 6) is -0.359. The van der Waals surface area contributed by atoms with E-state index in [1.165, 1.54) is 0 Å². The Labute approximate surface area is 187 Å². The predicted octanol–water partition coefficient (Wildman–Crippen LogP) is 2.15. The number of aliphatic hydroxyl groups is 1. The number of hydrogen-bond donors (Lipinski definition) is 2. The molecule has 2 saturated heterocycles. The number of aliphatic carboxylic acids is 1. The minimum absolute atomic E-state index is 0.0230. The molecule has 2 fully saturated rings. The average molecular weight is 442 g/mol. The van der Waals surface area contributed by atoms with E-state index in [0.29, 0.717) is 51.2 Å². The van der Waals surface area contributed by atoms with E-state index in [4.69, 9.17) is 4.74 Å². The number of carbonyl (C=O) groups excluding carboxylic acids is 1. The predicted molar refractivity (Wildman–Crippen MR) is 119 cm³/mol. The van der Waals surface area contributed by atoms with Gasteiger partial charge in [-0.3, -0.25) is 9.78 Å². The van der Waals surface area contributed by atoms with Crippen molar-refractivity contribution in [3.05, 3.63) is 36.5 Å². The molecule has 2 atom stereocenters. The van der Waals surface area contributed by atoms with Crippen molar-refractivity contribution in [2.45, 2.75) is 44.2 Å². The summed E-state index contributed by atoms with van der Waals surface area (Å²) >= 11 is 0. The Balaban J connectivity index is 1.25. The molecular weight excluding hydrogens is 410 g/mol. The summed E-state index contributed by atoms with van der Waals surface area (Å²) < 4.78 is 5.86. The maximum absolute atomic E-state index is 12.9. The van der Waals surface area contributed by atoms with E-state index in [0.717, 1.165) is 23.7 Å². The second kappa shape index (κ2) is 10.3. The molecule has 1 aromatic heterocycles. The van der Waals surface area contributed by atoms with Gasteiger partial charge >= 0.3 is 5.97 Å². The van der Waals surface area contributed by atoms with E-state index in [9.17, 15) is 19.8 Å². The summed E-state index contributed by atoms with van der Waals surface area (Å²) in [6, 6.07) is 8.81. The fraction of sp³-hybridized carbons (Fsp3) is 0.542. The van der Waals surface area contributed by atoms with E-state index in [2.05, 4.69) is 9.88 Å². The van der Waals surface area contributed by atoms with Crippen molar-refractivity contribution in [1.82, 2.24) is 14.8 Å². The summed E-state index contributed by atoms with van der Waals surface area (Å²) in [6.07, 6.45) is 4.73. The topological polar surface area (TPSA) is 103 Å². The molecule has 2 aromatic rings. The fourth-order valence-corrected chi connectivity index (χ4v) is 4.79. The normalized spacial score (nSPS) is 21.4. The third kappa shape index (κ3) is 5.19. The van der Waals surface area contributed by atoms with Crippen molar-refractivity contribution >= 4 is 22.8 Å². The molecule has 0 bridgehead atoms. The number of pyridine rings is 1. The van der Waals surface area contributed by atoms with Crippen LogP contribution in [-0.4, -0.2) is 81.8 Å². The first kappa shape index (κ1) is 22.5. The largest absolute Gasteiger partial charge is 0.490 e. The third-order valence-corrected chi connectivity index (χ3v) is 6.51. The summed E-state index contributed by atoms with van der Waals surface area (Å²) in [6.45, 7) is 2.61. The molecule has 0 radical (unpaired) electrons. The number of aliphatic hydroxyl groups excluding tert-OH is 1. The second-order valence-electron chi connectivity index (χ2n) is 8.75. The number of ether oxygens (including phenoxy) is 1. The number of β-amino-alcohol motifs (C(OH)–C–C–N with tert-alkyl or cyclic N) is 1. The Morgan fingerprint density at radius 3 is 2.69 bits per heavy atom. The highest BCUT2D eigenvalue weighted by Crippen LogP contribution is 2.26. The van der Waals surface area contributed by atoms with Gasteiger partial charge in [-0.25, -0.2) is 4.79 Å². The van der Waals surface area contributed by atoms with Crippen molar-refractivity contribution < 1.29 is 24.5 Å². The Morgan fingerprint density at radius 2 is 1.91 bits per heavy atom. The van der Waals surface area contributed by atoms with Gasteiger partial charge in [-0.2, -0.15) is 0 Å². The number of piperidine rings is 2. The van der Waals surface area contributed by atoms with Gasteiger partial charge in [-0.05, 0) is 69.5 Å². The Kier molecular flexibility index (Phi) is 7.22. The minimum Gasteiger partial charge on any atom is -0.490 e. The van der Waals surface area contributed by atoms with Crippen molar-refractivity contribution in [3.8, 4) is 5.75 Å². The molecule has 1 amide bonds. The average Bonchev–Trinajstić information content (AvgIpc) is 2.82. The van der Waals surface area contributed by atoms with Crippen LogP contribution < -0.4 is 4.74 Å². The molecule has 2 aliphatic heterocycles. The van der Waals surface area contributed by atoms with Crippen LogP contribution in [-0.2, 0) is 9.59 Å². The SMILES string of the molecule is O=C(O)C1CCCCN1C(=O)C1CCN(C[C@@H](O)COc2cccc3ncccc23)CC1. The molecule has 1 unspecified atom stereocenters. The van der Waals surface area contributed by atoms with Crippen LogP contribution in [0.4, 0.5) is 0 Å². The number of hydrogen-bond acceptors (Lipinski definition) is 6. The van der Waals surface area contributed by atoms with Crippen LogP contribution in [0.15, 0.2) is 36.5 Å². The number of amides is 1. The van der Waals surface area contributed by atoms with Gasteiger partial charge in [0.15, 0.2) is 0 Å². The van der Waals surface area contributed by atoms with Gasteiger partial charge < -0.3 is 24.7 Å². The molecule has 0 aliphatic carbocycles. The van der Waals surface area contributed by atoms with E-state index >= 15 is 0 Å². The fourth-order valence-electron chi connectivity index (χ4n) is 4.79. The van der Waals surface area contributed by atoms with Crippen LogP contribution >= 0.6 is 0 Å². The highest BCUT2D eigenvalue weighted by atomic mass is 16.5. The third-order valence-electron chi connectivity index (χ3n) is 6.51. The number of benzene rings is 1. The number of rotatable bonds is 7.